The van der Waals surface area contributed by atoms with Crippen LogP contribution in [0.5, 0.6) is 0 Å². The van der Waals surface area contributed by atoms with Crippen molar-refractivity contribution in [2.24, 2.45) is 5.41 Å². The van der Waals surface area contributed by atoms with E-state index in [4.69, 9.17) is 0 Å². The van der Waals surface area contributed by atoms with E-state index in [0.29, 0.717) is 17.8 Å². The third-order valence-corrected chi connectivity index (χ3v) is 7.51. The largest absolute Gasteiger partial charge is 0.342 e. The van der Waals surface area contributed by atoms with Crippen molar-refractivity contribution in [2.75, 3.05) is 13.1 Å². The summed E-state index contributed by atoms with van der Waals surface area (Å²) in [5, 5.41) is 0.944. The molecule has 2 fully saturated rings. The molecule has 3 aromatic rings. The lowest BCUT2D eigenvalue weighted by molar-refractivity contribution is -0.134. The highest BCUT2D eigenvalue weighted by Crippen LogP contribution is 2.57. The number of piperidine rings is 1. The molecule has 1 saturated carbocycles. The maximum Gasteiger partial charge on any atom is 0.226 e. The lowest BCUT2D eigenvalue weighted by Crippen LogP contribution is -2.48. The molecule has 5 heteroatoms. The average molecular weight is 467 g/mol. The van der Waals surface area contributed by atoms with E-state index in [2.05, 4.69) is 27.0 Å². The third kappa shape index (κ3) is 3.76. The minimum atomic E-state index is -0.205. The summed E-state index contributed by atoms with van der Waals surface area (Å²) in [6, 6.07) is 14.9. The van der Waals surface area contributed by atoms with E-state index >= 15 is 0 Å². The normalized spacial score (nSPS) is 18.5. The van der Waals surface area contributed by atoms with Gasteiger partial charge < -0.3 is 4.90 Å². The van der Waals surface area contributed by atoms with E-state index < -0.39 is 0 Å². The smallest absolute Gasteiger partial charge is 0.226 e. The van der Waals surface area contributed by atoms with Crippen molar-refractivity contribution in [3.05, 3.63) is 76.1 Å². The highest BCUT2D eigenvalue weighted by Gasteiger charge is 2.47. The zero-order valence-electron chi connectivity index (χ0n) is 16.8. The molecule has 5 rings (SSSR count). The van der Waals surface area contributed by atoms with Gasteiger partial charge in [0.1, 0.15) is 5.82 Å². The fourth-order valence-electron chi connectivity index (χ4n) is 5.23. The van der Waals surface area contributed by atoms with Crippen LogP contribution >= 0.6 is 15.9 Å². The van der Waals surface area contributed by atoms with Gasteiger partial charge in [-0.05, 0) is 84.5 Å². The number of benzene rings is 2. The van der Waals surface area contributed by atoms with Gasteiger partial charge in [-0.25, -0.2) is 4.39 Å². The topological polar surface area (TPSA) is 33.2 Å². The molecule has 0 bridgehead atoms. The highest BCUT2D eigenvalue weighted by atomic mass is 79.9. The molecule has 2 heterocycles. The van der Waals surface area contributed by atoms with Gasteiger partial charge in [0.2, 0.25) is 5.91 Å². The van der Waals surface area contributed by atoms with Crippen LogP contribution in [0.2, 0.25) is 0 Å². The van der Waals surface area contributed by atoms with Crippen LogP contribution in [0.3, 0.4) is 0 Å². The van der Waals surface area contributed by atoms with Crippen LogP contribution in [0.4, 0.5) is 4.39 Å². The van der Waals surface area contributed by atoms with Crippen molar-refractivity contribution in [3.63, 3.8) is 0 Å². The summed E-state index contributed by atoms with van der Waals surface area (Å²) in [6.45, 7) is 1.68. The van der Waals surface area contributed by atoms with E-state index in [9.17, 15) is 9.18 Å². The second-order valence-electron chi connectivity index (χ2n) is 8.85. The Kier molecular flexibility index (Phi) is 5.10. The number of fused-ring (bicyclic) bond motifs is 1. The molecule has 0 N–H and O–H groups in total. The number of halogens is 2. The van der Waals surface area contributed by atoms with Gasteiger partial charge in [-0.2, -0.15) is 0 Å². The van der Waals surface area contributed by atoms with E-state index in [1.165, 1.54) is 11.6 Å². The summed E-state index contributed by atoms with van der Waals surface area (Å²) in [5.74, 6) is 0.476. The minimum absolute atomic E-state index is 0.205. The summed E-state index contributed by atoms with van der Waals surface area (Å²) in [4.78, 5) is 19.1. The molecule has 3 nitrogen and oxygen atoms in total. The predicted molar refractivity (Wildman–Crippen MR) is 120 cm³/mol. The van der Waals surface area contributed by atoms with Gasteiger partial charge in [0.15, 0.2) is 0 Å². The van der Waals surface area contributed by atoms with Crippen LogP contribution in [0.1, 0.15) is 42.7 Å². The first-order valence-corrected chi connectivity index (χ1v) is 11.4. The quantitative estimate of drug-likeness (QED) is 0.483. The minimum Gasteiger partial charge on any atom is -0.342 e. The van der Waals surface area contributed by atoms with Crippen LogP contribution in [0.15, 0.2) is 59.2 Å². The molecule has 0 unspecified atom stereocenters. The van der Waals surface area contributed by atoms with Gasteiger partial charge in [-0.15, -0.1) is 0 Å². The molecule has 1 amide bonds. The summed E-state index contributed by atoms with van der Waals surface area (Å²) in [7, 11) is 0. The molecule has 0 radical (unpaired) electrons. The Bertz CT molecular complexity index is 1080. The average Bonchev–Trinajstić information content (AvgIpc) is 2.73. The van der Waals surface area contributed by atoms with Crippen molar-refractivity contribution in [2.45, 2.75) is 38.0 Å². The van der Waals surface area contributed by atoms with Gasteiger partial charge in [0, 0.05) is 29.1 Å². The number of rotatable bonds is 3. The molecule has 1 aliphatic heterocycles. The predicted octanol–water partition coefficient (Wildman–Crippen LogP) is 5.87. The lowest BCUT2D eigenvalue weighted by atomic mass is 9.56. The standard InChI is InChI=1S/C25H24BrFN2O/c26-19-3-1-17(2-4-19)13-24(30)29-11-8-25(9-12-29)15-18(16-25)21-7-10-28-23-6-5-20(27)14-22(21)23/h1-7,10,14,18H,8-9,11-13,15-16H2. The maximum absolute atomic E-state index is 13.8. The fraction of sp³-hybridized carbons (Fsp3) is 0.360. The van der Waals surface area contributed by atoms with Crippen LogP contribution in [-0.4, -0.2) is 28.9 Å². The molecule has 2 aliphatic rings. The number of hydrogen-bond donors (Lipinski definition) is 0. The summed E-state index contributed by atoms with van der Waals surface area (Å²) < 4.78 is 14.8. The van der Waals surface area contributed by atoms with E-state index in [-0.39, 0.29) is 11.7 Å². The van der Waals surface area contributed by atoms with Crippen molar-refractivity contribution in [1.29, 1.82) is 0 Å². The second kappa shape index (κ2) is 7.77. The van der Waals surface area contributed by atoms with E-state index in [1.54, 1.807) is 12.1 Å². The Morgan fingerprint density at radius 1 is 1.10 bits per heavy atom. The molecular formula is C25H24BrFN2O. The molecule has 1 aliphatic carbocycles. The Hall–Kier alpha value is -2.27. The molecule has 30 heavy (non-hydrogen) atoms. The SMILES string of the molecule is O=C(Cc1ccc(Br)cc1)N1CCC2(CC1)CC(c1ccnc3ccc(F)cc13)C2. The summed E-state index contributed by atoms with van der Waals surface area (Å²) >= 11 is 3.44. The molecule has 1 aromatic heterocycles. The number of carbonyl (C=O) groups is 1. The number of hydrogen-bond acceptors (Lipinski definition) is 2. The van der Waals surface area contributed by atoms with Crippen molar-refractivity contribution in [3.8, 4) is 0 Å². The third-order valence-electron chi connectivity index (χ3n) is 6.98. The number of amides is 1. The van der Waals surface area contributed by atoms with E-state index in [1.807, 2.05) is 35.4 Å². The number of aromatic nitrogens is 1. The van der Waals surface area contributed by atoms with Crippen LogP contribution in [-0.2, 0) is 11.2 Å². The Balaban J connectivity index is 1.21. The van der Waals surface area contributed by atoms with Gasteiger partial charge in [0.05, 0.1) is 11.9 Å². The molecule has 1 saturated heterocycles. The zero-order valence-corrected chi connectivity index (χ0v) is 18.4. The first-order valence-electron chi connectivity index (χ1n) is 10.6. The van der Waals surface area contributed by atoms with Crippen molar-refractivity contribution in [1.82, 2.24) is 9.88 Å². The van der Waals surface area contributed by atoms with Crippen molar-refractivity contribution >= 4 is 32.7 Å². The number of nitrogens with zero attached hydrogens (tertiary/aromatic N) is 2. The van der Waals surface area contributed by atoms with Crippen molar-refractivity contribution < 1.29 is 9.18 Å². The fourth-order valence-corrected chi connectivity index (χ4v) is 5.49. The first-order chi connectivity index (χ1) is 14.5. The number of pyridine rings is 1. The Labute approximate surface area is 184 Å². The zero-order chi connectivity index (χ0) is 20.7. The van der Waals surface area contributed by atoms with Gasteiger partial charge in [-0.3, -0.25) is 9.78 Å². The van der Waals surface area contributed by atoms with Gasteiger partial charge in [0.25, 0.3) is 0 Å². The summed E-state index contributed by atoms with van der Waals surface area (Å²) in [5.41, 5.74) is 3.48. The molecule has 2 aromatic carbocycles. The second-order valence-corrected chi connectivity index (χ2v) is 9.77. The maximum atomic E-state index is 13.8. The Morgan fingerprint density at radius 3 is 2.57 bits per heavy atom. The van der Waals surface area contributed by atoms with E-state index in [0.717, 1.165) is 59.7 Å². The molecule has 0 atom stereocenters. The lowest BCUT2D eigenvalue weighted by Gasteiger charge is -2.52. The van der Waals surface area contributed by atoms with Crippen LogP contribution in [0, 0.1) is 11.2 Å². The van der Waals surface area contributed by atoms with Crippen LogP contribution in [0.25, 0.3) is 10.9 Å². The summed E-state index contributed by atoms with van der Waals surface area (Å²) in [6.07, 6.45) is 6.68. The van der Waals surface area contributed by atoms with Crippen LogP contribution < -0.4 is 0 Å². The number of carbonyl (C=O) groups excluding carboxylic acids is 1. The van der Waals surface area contributed by atoms with Gasteiger partial charge >= 0.3 is 0 Å². The highest BCUT2D eigenvalue weighted by molar-refractivity contribution is 9.10. The Morgan fingerprint density at radius 2 is 1.83 bits per heavy atom. The molecular weight excluding hydrogens is 443 g/mol. The molecule has 1 spiro atoms. The molecule has 154 valence electrons. The number of likely N-dealkylation sites (tertiary alicyclic amines) is 1. The monoisotopic (exact) mass is 466 g/mol. The van der Waals surface area contributed by atoms with Gasteiger partial charge in [-0.1, -0.05) is 28.1 Å². The first kappa shape index (κ1) is 19.7.